The molecule has 2 aliphatic rings. The van der Waals surface area contributed by atoms with E-state index in [1.54, 1.807) is 0 Å². The van der Waals surface area contributed by atoms with Crippen molar-refractivity contribution in [1.29, 1.82) is 0 Å². The SMILES string of the molecule is CC(CC(=O)N1CCCC(N)C1)NC(=O)C1CCCCC1.Cl. The molecule has 6 heteroatoms. The van der Waals surface area contributed by atoms with E-state index < -0.39 is 0 Å². The van der Waals surface area contributed by atoms with Gasteiger partial charge in [0.15, 0.2) is 0 Å². The number of hydrogen-bond donors (Lipinski definition) is 2. The highest BCUT2D eigenvalue weighted by atomic mass is 35.5. The van der Waals surface area contributed by atoms with Gasteiger partial charge in [0.25, 0.3) is 0 Å². The molecule has 22 heavy (non-hydrogen) atoms. The Morgan fingerprint density at radius 3 is 2.50 bits per heavy atom. The Kier molecular flexibility index (Phi) is 8.18. The van der Waals surface area contributed by atoms with Gasteiger partial charge < -0.3 is 16.0 Å². The number of nitrogens with one attached hydrogen (secondary N) is 1. The van der Waals surface area contributed by atoms with E-state index in [1.807, 2.05) is 11.8 Å². The Morgan fingerprint density at radius 2 is 1.86 bits per heavy atom. The van der Waals surface area contributed by atoms with Gasteiger partial charge >= 0.3 is 0 Å². The van der Waals surface area contributed by atoms with Crippen molar-refractivity contribution in [2.75, 3.05) is 13.1 Å². The van der Waals surface area contributed by atoms with Crippen LogP contribution >= 0.6 is 12.4 Å². The van der Waals surface area contributed by atoms with Gasteiger partial charge in [0.1, 0.15) is 0 Å². The number of hydrogen-bond acceptors (Lipinski definition) is 3. The summed E-state index contributed by atoms with van der Waals surface area (Å²) in [6.07, 6.45) is 7.89. The van der Waals surface area contributed by atoms with Crippen molar-refractivity contribution >= 4 is 24.2 Å². The third-order valence-electron chi connectivity index (χ3n) is 4.66. The van der Waals surface area contributed by atoms with E-state index in [1.165, 1.54) is 6.42 Å². The minimum atomic E-state index is -0.0925. The molecule has 1 aliphatic heterocycles. The summed E-state index contributed by atoms with van der Waals surface area (Å²) >= 11 is 0. The average Bonchev–Trinajstić information content (AvgIpc) is 2.48. The molecule has 3 N–H and O–H groups in total. The minimum Gasteiger partial charge on any atom is -0.353 e. The lowest BCUT2D eigenvalue weighted by Crippen LogP contribution is -2.48. The van der Waals surface area contributed by atoms with Crippen molar-refractivity contribution < 1.29 is 9.59 Å². The van der Waals surface area contributed by atoms with Gasteiger partial charge in [0.05, 0.1) is 0 Å². The van der Waals surface area contributed by atoms with Gasteiger partial charge in [-0.3, -0.25) is 9.59 Å². The van der Waals surface area contributed by atoms with Crippen molar-refractivity contribution in [2.45, 2.75) is 70.4 Å². The van der Waals surface area contributed by atoms with Crippen molar-refractivity contribution in [1.82, 2.24) is 10.2 Å². The van der Waals surface area contributed by atoms with Gasteiger partial charge in [-0.1, -0.05) is 19.3 Å². The third kappa shape index (κ3) is 5.76. The van der Waals surface area contributed by atoms with E-state index in [-0.39, 0.29) is 42.2 Å². The quantitative estimate of drug-likeness (QED) is 0.825. The second-order valence-corrected chi connectivity index (χ2v) is 6.69. The highest BCUT2D eigenvalue weighted by Gasteiger charge is 2.25. The molecule has 0 aromatic heterocycles. The zero-order valence-corrected chi connectivity index (χ0v) is 14.4. The molecule has 0 aromatic carbocycles. The first kappa shape index (κ1) is 19.2. The molecular weight excluding hydrogens is 302 g/mol. The second kappa shape index (κ2) is 9.36. The predicted octanol–water partition coefficient (Wildman–Crippen LogP) is 1.83. The van der Waals surface area contributed by atoms with Crippen LogP contribution in [0, 0.1) is 5.92 Å². The number of rotatable bonds is 4. The Bertz CT molecular complexity index is 372. The fourth-order valence-electron chi connectivity index (χ4n) is 3.40. The Labute approximate surface area is 139 Å². The van der Waals surface area contributed by atoms with Gasteiger partial charge in [-0.2, -0.15) is 0 Å². The van der Waals surface area contributed by atoms with E-state index in [9.17, 15) is 9.59 Å². The van der Waals surface area contributed by atoms with E-state index in [0.29, 0.717) is 13.0 Å². The molecule has 2 fully saturated rings. The number of nitrogens with two attached hydrogens (primary N) is 1. The lowest BCUT2D eigenvalue weighted by molar-refractivity contribution is -0.133. The fraction of sp³-hybridized carbons (Fsp3) is 0.875. The minimum absolute atomic E-state index is 0. The molecular formula is C16H30ClN3O2. The van der Waals surface area contributed by atoms with E-state index in [4.69, 9.17) is 5.73 Å². The van der Waals surface area contributed by atoms with Crippen LogP contribution in [0.15, 0.2) is 0 Å². The third-order valence-corrected chi connectivity index (χ3v) is 4.66. The fourth-order valence-corrected chi connectivity index (χ4v) is 3.40. The first-order valence-electron chi connectivity index (χ1n) is 8.40. The first-order valence-corrected chi connectivity index (χ1v) is 8.40. The normalized spacial score (nSPS) is 24.3. The number of amides is 2. The van der Waals surface area contributed by atoms with Crippen LogP contribution in [0.1, 0.15) is 58.3 Å². The molecule has 0 spiro atoms. The standard InChI is InChI=1S/C16H29N3O2.ClH/c1-12(18-16(21)13-6-3-2-4-7-13)10-15(20)19-9-5-8-14(17)11-19;/h12-14H,2-11,17H2,1H3,(H,18,21);1H. The van der Waals surface area contributed by atoms with Crippen molar-refractivity contribution in [2.24, 2.45) is 11.7 Å². The number of piperidine rings is 1. The summed E-state index contributed by atoms with van der Waals surface area (Å²) in [6, 6.07) is 0.0138. The Balaban J connectivity index is 0.00000242. The molecule has 2 atom stereocenters. The number of likely N-dealkylation sites (tertiary alicyclic amines) is 1. The summed E-state index contributed by atoms with van der Waals surface area (Å²) in [5, 5.41) is 3.01. The van der Waals surface area contributed by atoms with Crippen molar-refractivity contribution in [3.05, 3.63) is 0 Å². The maximum Gasteiger partial charge on any atom is 0.224 e. The van der Waals surface area contributed by atoms with Crippen molar-refractivity contribution in [3.63, 3.8) is 0 Å². The van der Waals surface area contributed by atoms with Crippen LogP contribution in [0.3, 0.4) is 0 Å². The van der Waals surface area contributed by atoms with Crippen LogP contribution in [0.25, 0.3) is 0 Å². The van der Waals surface area contributed by atoms with Gasteiger partial charge in [-0.05, 0) is 32.6 Å². The Hall–Kier alpha value is -0.810. The Morgan fingerprint density at radius 1 is 1.18 bits per heavy atom. The number of nitrogens with zero attached hydrogens (tertiary/aromatic N) is 1. The van der Waals surface area contributed by atoms with Crippen LogP contribution in [0.2, 0.25) is 0 Å². The smallest absolute Gasteiger partial charge is 0.224 e. The van der Waals surface area contributed by atoms with Crippen molar-refractivity contribution in [3.8, 4) is 0 Å². The van der Waals surface area contributed by atoms with Crippen LogP contribution in [0.4, 0.5) is 0 Å². The molecule has 1 aliphatic carbocycles. The predicted molar refractivity (Wildman–Crippen MR) is 89.8 cm³/mol. The molecule has 0 aromatic rings. The monoisotopic (exact) mass is 331 g/mol. The van der Waals surface area contributed by atoms with Crippen LogP contribution < -0.4 is 11.1 Å². The first-order chi connectivity index (χ1) is 10.1. The molecule has 1 saturated heterocycles. The zero-order valence-electron chi connectivity index (χ0n) is 13.6. The molecule has 1 saturated carbocycles. The number of carbonyl (C=O) groups is 2. The number of carbonyl (C=O) groups excluding carboxylic acids is 2. The second-order valence-electron chi connectivity index (χ2n) is 6.69. The molecule has 0 radical (unpaired) electrons. The molecule has 5 nitrogen and oxygen atoms in total. The number of halogens is 1. The summed E-state index contributed by atoms with van der Waals surface area (Å²) in [6.45, 7) is 3.38. The summed E-state index contributed by atoms with van der Waals surface area (Å²) in [7, 11) is 0. The van der Waals surface area contributed by atoms with Crippen LogP contribution in [-0.2, 0) is 9.59 Å². The maximum atomic E-state index is 12.2. The average molecular weight is 332 g/mol. The maximum absolute atomic E-state index is 12.2. The summed E-state index contributed by atoms with van der Waals surface area (Å²) < 4.78 is 0. The van der Waals surface area contributed by atoms with Gasteiger partial charge in [0.2, 0.25) is 11.8 Å². The van der Waals surface area contributed by atoms with Gasteiger partial charge in [-0.15, -0.1) is 12.4 Å². The summed E-state index contributed by atoms with van der Waals surface area (Å²) in [5.41, 5.74) is 5.91. The molecule has 2 unspecified atom stereocenters. The summed E-state index contributed by atoms with van der Waals surface area (Å²) in [5.74, 6) is 0.395. The van der Waals surface area contributed by atoms with E-state index >= 15 is 0 Å². The van der Waals surface area contributed by atoms with Crippen LogP contribution in [0.5, 0.6) is 0 Å². The molecule has 2 rings (SSSR count). The lowest BCUT2D eigenvalue weighted by Gasteiger charge is -2.32. The highest BCUT2D eigenvalue weighted by molar-refractivity contribution is 5.85. The zero-order chi connectivity index (χ0) is 15.2. The van der Waals surface area contributed by atoms with E-state index in [0.717, 1.165) is 45.1 Å². The van der Waals surface area contributed by atoms with Crippen LogP contribution in [-0.4, -0.2) is 41.9 Å². The summed E-state index contributed by atoms with van der Waals surface area (Å²) in [4.78, 5) is 26.2. The molecule has 128 valence electrons. The van der Waals surface area contributed by atoms with Gasteiger partial charge in [-0.25, -0.2) is 0 Å². The molecule has 1 heterocycles. The van der Waals surface area contributed by atoms with Gasteiger partial charge in [0, 0.05) is 37.5 Å². The lowest BCUT2D eigenvalue weighted by atomic mass is 9.88. The molecule has 2 amide bonds. The largest absolute Gasteiger partial charge is 0.353 e. The van der Waals surface area contributed by atoms with E-state index in [2.05, 4.69) is 5.32 Å². The highest BCUT2D eigenvalue weighted by Crippen LogP contribution is 2.23. The topological polar surface area (TPSA) is 75.4 Å². The molecule has 0 bridgehead atoms.